The topological polar surface area (TPSA) is 18.5 Å². The molecule has 0 aromatic heterocycles. The quantitative estimate of drug-likeness (QED) is 0.733. The van der Waals surface area contributed by atoms with Gasteiger partial charge in [-0.2, -0.15) is 0 Å². The van der Waals surface area contributed by atoms with Crippen molar-refractivity contribution in [1.82, 2.24) is 0 Å². The Bertz CT molecular complexity index is 420. The standard InChI is InChI=1S/C20H30O2/c1-3-17(2)7-4-11-20-13-12-19(16-22-20)9-5-8-18-10-6-14-21-15-18/h17-20H,3,6-7,9-10,12-16H2,1-2H3. The van der Waals surface area contributed by atoms with Gasteiger partial charge in [0, 0.05) is 25.4 Å². The second kappa shape index (κ2) is 9.94. The van der Waals surface area contributed by atoms with Gasteiger partial charge >= 0.3 is 0 Å². The molecule has 122 valence electrons. The number of rotatable bonds is 3. The van der Waals surface area contributed by atoms with Gasteiger partial charge < -0.3 is 9.47 Å². The molecular weight excluding hydrogens is 272 g/mol. The van der Waals surface area contributed by atoms with Crippen molar-refractivity contribution in [2.75, 3.05) is 19.8 Å². The second-order valence-electron chi connectivity index (χ2n) is 6.74. The fourth-order valence-electron chi connectivity index (χ4n) is 2.77. The minimum Gasteiger partial charge on any atom is -0.380 e. The zero-order chi connectivity index (χ0) is 15.6. The van der Waals surface area contributed by atoms with Gasteiger partial charge in [-0.05, 0) is 37.5 Å². The van der Waals surface area contributed by atoms with Crippen LogP contribution in [-0.2, 0) is 9.47 Å². The fraction of sp³-hybridized carbons (Fsp3) is 0.800. The van der Waals surface area contributed by atoms with Crippen LogP contribution in [0.3, 0.4) is 0 Å². The first-order chi connectivity index (χ1) is 10.8. The highest BCUT2D eigenvalue weighted by atomic mass is 16.5. The van der Waals surface area contributed by atoms with Gasteiger partial charge in [0.05, 0.1) is 13.2 Å². The van der Waals surface area contributed by atoms with Gasteiger partial charge in [-0.15, -0.1) is 11.8 Å². The molecule has 2 saturated heterocycles. The molecule has 2 nitrogen and oxygen atoms in total. The van der Waals surface area contributed by atoms with Crippen LogP contribution in [0.2, 0.25) is 0 Å². The third-order valence-corrected chi connectivity index (χ3v) is 4.64. The maximum Gasteiger partial charge on any atom is 0.118 e. The molecule has 0 aromatic carbocycles. The molecule has 0 amide bonds. The van der Waals surface area contributed by atoms with Crippen LogP contribution in [0.25, 0.3) is 0 Å². The molecule has 2 aliphatic heterocycles. The van der Waals surface area contributed by atoms with Crippen LogP contribution in [0.5, 0.6) is 0 Å². The number of hydrogen-bond acceptors (Lipinski definition) is 2. The van der Waals surface area contributed by atoms with Crippen molar-refractivity contribution in [2.24, 2.45) is 17.8 Å². The normalized spacial score (nSPS) is 29.6. The van der Waals surface area contributed by atoms with Crippen LogP contribution in [0, 0.1) is 41.4 Å². The molecule has 2 aliphatic rings. The van der Waals surface area contributed by atoms with Crippen LogP contribution < -0.4 is 0 Å². The van der Waals surface area contributed by atoms with Gasteiger partial charge in [0.2, 0.25) is 0 Å². The average Bonchev–Trinajstić information content (AvgIpc) is 2.57. The minimum absolute atomic E-state index is 0.153. The van der Waals surface area contributed by atoms with Crippen molar-refractivity contribution in [3.8, 4) is 23.7 Å². The lowest BCUT2D eigenvalue weighted by atomic mass is 9.95. The lowest BCUT2D eigenvalue weighted by molar-refractivity contribution is 0.0177. The molecule has 0 radical (unpaired) electrons. The average molecular weight is 302 g/mol. The zero-order valence-electron chi connectivity index (χ0n) is 14.2. The SMILES string of the molecule is CCC(C)CC#CC1CCC(CC#CC2CCCOC2)CO1. The van der Waals surface area contributed by atoms with E-state index in [4.69, 9.17) is 9.47 Å². The lowest BCUT2D eigenvalue weighted by Gasteiger charge is -2.25. The third kappa shape index (κ3) is 6.43. The maximum atomic E-state index is 5.88. The first kappa shape index (κ1) is 17.4. The Morgan fingerprint density at radius 2 is 2.00 bits per heavy atom. The Hall–Kier alpha value is -0.960. The summed E-state index contributed by atoms with van der Waals surface area (Å²) in [7, 11) is 0. The molecule has 4 atom stereocenters. The molecule has 0 aliphatic carbocycles. The van der Waals surface area contributed by atoms with E-state index in [1.807, 2.05) is 0 Å². The largest absolute Gasteiger partial charge is 0.380 e. The van der Waals surface area contributed by atoms with Gasteiger partial charge in [-0.3, -0.25) is 0 Å². The molecule has 0 spiro atoms. The second-order valence-corrected chi connectivity index (χ2v) is 6.74. The summed E-state index contributed by atoms with van der Waals surface area (Å²) in [6.07, 6.45) is 7.92. The van der Waals surface area contributed by atoms with Gasteiger partial charge in [0.25, 0.3) is 0 Å². The molecule has 0 bridgehead atoms. The van der Waals surface area contributed by atoms with E-state index in [2.05, 4.69) is 37.5 Å². The summed E-state index contributed by atoms with van der Waals surface area (Å²) in [4.78, 5) is 0. The molecule has 2 heterocycles. The highest BCUT2D eigenvalue weighted by Gasteiger charge is 2.19. The van der Waals surface area contributed by atoms with E-state index >= 15 is 0 Å². The van der Waals surface area contributed by atoms with E-state index in [1.54, 1.807) is 0 Å². The van der Waals surface area contributed by atoms with Gasteiger partial charge in [0.15, 0.2) is 0 Å². The number of hydrogen-bond donors (Lipinski definition) is 0. The van der Waals surface area contributed by atoms with Crippen molar-refractivity contribution in [2.45, 2.75) is 64.9 Å². The molecule has 2 fully saturated rings. The van der Waals surface area contributed by atoms with Crippen molar-refractivity contribution < 1.29 is 9.47 Å². The Balaban J connectivity index is 1.63. The summed E-state index contributed by atoms with van der Waals surface area (Å²) in [5.41, 5.74) is 0. The fourth-order valence-corrected chi connectivity index (χ4v) is 2.77. The van der Waals surface area contributed by atoms with Crippen LogP contribution in [-0.4, -0.2) is 25.9 Å². The van der Waals surface area contributed by atoms with Crippen LogP contribution in [0.15, 0.2) is 0 Å². The van der Waals surface area contributed by atoms with Crippen LogP contribution in [0.1, 0.15) is 58.8 Å². The van der Waals surface area contributed by atoms with Crippen molar-refractivity contribution in [3.05, 3.63) is 0 Å². The maximum absolute atomic E-state index is 5.88. The summed E-state index contributed by atoms with van der Waals surface area (Å²) in [5.74, 6) is 15.1. The first-order valence-electron chi connectivity index (χ1n) is 8.94. The van der Waals surface area contributed by atoms with E-state index in [1.165, 1.54) is 19.3 Å². The van der Waals surface area contributed by atoms with E-state index < -0.39 is 0 Å². The van der Waals surface area contributed by atoms with Crippen molar-refractivity contribution in [3.63, 3.8) is 0 Å². The van der Waals surface area contributed by atoms with Crippen molar-refractivity contribution >= 4 is 0 Å². The molecule has 4 unspecified atom stereocenters. The summed E-state index contributed by atoms with van der Waals surface area (Å²) in [5, 5.41) is 0. The van der Waals surface area contributed by atoms with Gasteiger partial charge in [0.1, 0.15) is 6.10 Å². The third-order valence-electron chi connectivity index (χ3n) is 4.64. The summed E-state index contributed by atoms with van der Waals surface area (Å²) >= 11 is 0. The first-order valence-corrected chi connectivity index (χ1v) is 8.94. The monoisotopic (exact) mass is 302 g/mol. The van der Waals surface area contributed by atoms with Crippen molar-refractivity contribution in [1.29, 1.82) is 0 Å². The smallest absolute Gasteiger partial charge is 0.118 e. The molecule has 22 heavy (non-hydrogen) atoms. The zero-order valence-corrected chi connectivity index (χ0v) is 14.2. The van der Waals surface area contributed by atoms with E-state index in [0.717, 1.165) is 45.5 Å². The number of ether oxygens (including phenoxy) is 2. The lowest BCUT2D eigenvalue weighted by Crippen LogP contribution is -2.24. The Morgan fingerprint density at radius 3 is 2.68 bits per heavy atom. The molecule has 0 N–H and O–H groups in total. The summed E-state index contributed by atoms with van der Waals surface area (Å²) in [6.45, 7) is 7.02. The van der Waals surface area contributed by atoms with Crippen LogP contribution in [0.4, 0.5) is 0 Å². The Kier molecular flexibility index (Phi) is 7.86. The molecule has 2 rings (SSSR count). The highest BCUT2D eigenvalue weighted by Crippen LogP contribution is 2.21. The van der Waals surface area contributed by atoms with Crippen LogP contribution >= 0.6 is 0 Å². The summed E-state index contributed by atoms with van der Waals surface area (Å²) < 4.78 is 11.3. The van der Waals surface area contributed by atoms with Gasteiger partial charge in [-0.25, -0.2) is 0 Å². The van der Waals surface area contributed by atoms with Gasteiger partial charge in [-0.1, -0.05) is 32.1 Å². The molecule has 2 heteroatoms. The molecule has 0 aromatic rings. The molecule has 0 saturated carbocycles. The van der Waals surface area contributed by atoms with E-state index in [-0.39, 0.29) is 6.10 Å². The molecular formula is C20H30O2. The highest BCUT2D eigenvalue weighted by molar-refractivity contribution is 5.08. The predicted molar refractivity (Wildman–Crippen MR) is 90.2 cm³/mol. The Labute approximate surface area is 136 Å². The Morgan fingerprint density at radius 1 is 1.09 bits per heavy atom. The summed E-state index contributed by atoms with van der Waals surface area (Å²) in [6, 6.07) is 0. The minimum atomic E-state index is 0.153. The van der Waals surface area contributed by atoms with E-state index in [9.17, 15) is 0 Å². The van der Waals surface area contributed by atoms with E-state index in [0.29, 0.717) is 17.8 Å². The predicted octanol–water partition coefficient (Wildman–Crippen LogP) is 4.04.